The Balaban J connectivity index is 1.97. The Labute approximate surface area is 115 Å². The van der Waals surface area contributed by atoms with Gasteiger partial charge in [-0.05, 0) is 49.5 Å². The number of carbonyl (C=O) groups is 1. The second-order valence-corrected chi connectivity index (χ2v) is 6.21. The second-order valence-electron chi connectivity index (χ2n) is 5.30. The van der Waals surface area contributed by atoms with E-state index in [9.17, 15) is 4.79 Å². The zero-order valence-corrected chi connectivity index (χ0v) is 11.8. The van der Waals surface area contributed by atoms with Crippen molar-refractivity contribution in [1.29, 1.82) is 0 Å². The molecule has 3 nitrogen and oxygen atoms in total. The first-order chi connectivity index (χ1) is 8.66. The lowest BCUT2D eigenvalue weighted by molar-refractivity contribution is -0.132. The van der Waals surface area contributed by atoms with Crippen LogP contribution in [0, 0.1) is 11.8 Å². The van der Waals surface area contributed by atoms with Crippen LogP contribution in [0.15, 0.2) is 28.7 Å². The van der Waals surface area contributed by atoms with Crippen molar-refractivity contribution < 1.29 is 4.79 Å². The smallest absolute Gasteiger partial charge is 0.222 e. The van der Waals surface area contributed by atoms with Gasteiger partial charge in [0.05, 0.1) is 5.92 Å². The number of piperidine rings is 3. The second kappa shape index (κ2) is 4.67. The summed E-state index contributed by atoms with van der Waals surface area (Å²) in [6.07, 6.45) is 2.22. The van der Waals surface area contributed by atoms with Crippen molar-refractivity contribution in [1.82, 2.24) is 4.90 Å². The number of halogens is 1. The molecule has 0 aromatic heterocycles. The van der Waals surface area contributed by atoms with Gasteiger partial charge in [0, 0.05) is 10.5 Å². The van der Waals surface area contributed by atoms with Gasteiger partial charge in [0.25, 0.3) is 0 Å². The molecule has 2 unspecified atom stereocenters. The van der Waals surface area contributed by atoms with Crippen molar-refractivity contribution in [2.24, 2.45) is 17.6 Å². The molecule has 3 aliphatic rings. The molecule has 3 aliphatic heterocycles. The van der Waals surface area contributed by atoms with Crippen molar-refractivity contribution >= 4 is 21.8 Å². The van der Waals surface area contributed by atoms with Gasteiger partial charge in [0.2, 0.25) is 5.91 Å². The van der Waals surface area contributed by atoms with Crippen LogP contribution in [0.1, 0.15) is 24.4 Å². The Morgan fingerprint density at radius 3 is 2.39 bits per heavy atom. The van der Waals surface area contributed by atoms with Crippen LogP contribution in [0.25, 0.3) is 0 Å². The summed E-state index contributed by atoms with van der Waals surface area (Å²) in [4.78, 5) is 14.2. The molecular formula is C14H17BrN2O. The van der Waals surface area contributed by atoms with Gasteiger partial charge in [-0.2, -0.15) is 0 Å². The number of carbonyl (C=O) groups excluding carboxylic acids is 1. The van der Waals surface area contributed by atoms with E-state index < -0.39 is 0 Å². The summed E-state index contributed by atoms with van der Waals surface area (Å²) in [7, 11) is 0. The van der Waals surface area contributed by atoms with E-state index >= 15 is 0 Å². The lowest BCUT2D eigenvalue weighted by Gasteiger charge is -2.50. The molecule has 3 heterocycles. The number of fused-ring (bicyclic) bond motifs is 3. The molecule has 0 aliphatic carbocycles. The third-order valence-corrected chi connectivity index (χ3v) is 4.88. The van der Waals surface area contributed by atoms with Crippen molar-refractivity contribution in [3.8, 4) is 0 Å². The maximum Gasteiger partial charge on any atom is 0.222 e. The van der Waals surface area contributed by atoms with E-state index in [1.807, 2.05) is 12.1 Å². The number of rotatable bonds is 2. The molecular weight excluding hydrogens is 292 g/mol. The Morgan fingerprint density at radius 1 is 1.22 bits per heavy atom. The summed E-state index contributed by atoms with van der Waals surface area (Å²) in [5.41, 5.74) is 6.85. The summed E-state index contributed by atoms with van der Waals surface area (Å²) < 4.78 is 1.07. The number of hydrogen-bond acceptors (Lipinski definition) is 2. The van der Waals surface area contributed by atoms with E-state index in [1.165, 1.54) is 5.56 Å². The van der Waals surface area contributed by atoms with Gasteiger partial charge < -0.3 is 5.73 Å². The first-order valence-electron chi connectivity index (χ1n) is 6.45. The molecule has 1 aromatic carbocycles. The van der Waals surface area contributed by atoms with Crippen LogP contribution in [0.2, 0.25) is 0 Å². The van der Waals surface area contributed by atoms with E-state index in [0.29, 0.717) is 5.92 Å². The summed E-state index contributed by atoms with van der Waals surface area (Å²) in [5, 5.41) is 0. The number of nitrogens with zero attached hydrogens (tertiary/aromatic N) is 1. The molecule has 2 bridgehead atoms. The molecule has 0 radical (unpaired) electrons. The Hall–Kier alpha value is -0.870. The summed E-state index contributed by atoms with van der Waals surface area (Å²) in [5.74, 6) is 0.312. The van der Waals surface area contributed by atoms with E-state index in [1.54, 1.807) is 0 Å². The number of nitrogens with two attached hydrogens (primary N) is 1. The van der Waals surface area contributed by atoms with Crippen LogP contribution < -0.4 is 5.73 Å². The monoisotopic (exact) mass is 308 g/mol. The maximum absolute atomic E-state index is 11.8. The quantitative estimate of drug-likeness (QED) is 0.911. The van der Waals surface area contributed by atoms with Crippen LogP contribution in [-0.2, 0) is 4.79 Å². The molecule has 96 valence electrons. The third-order valence-electron chi connectivity index (χ3n) is 4.36. The van der Waals surface area contributed by atoms with Crippen molar-refractivity contribution in [2.45, 2.75) is 18.9 Å². The van der Waals surface area contributed by atoms with Crippen molar-refractivity contribution in [2.75, 3.05) is 13.1 Å². The minimum atomic E-state index is -0.141. The third kappa shape index (κ3) is 1.97. The van der Waals surface area contributed by atoms with Gasteiger partial charge in [-0.1, -0.05) is 28.1 Å². The normalized spacial score (nSPS) is 34.5. The minimum absolute atomic E-state index is 0.0197. The van der Waals surface area contributed by atoms with E-state index in [-0.39, 0.29) is 17.9 Å². The van der Waals surface area contributed by atoms with E-state index in [0.717, 1.165) is 30.4 Å². The Kier molecular flexibility index (Phi) is 3.16. The molecule has 1 aromatic rings. The summed E-state index contributed by atoms with van der Waals surface area (Å²) >= 11 is 3.45. The Morgan fingerprint density at radius 2 is 1.83 bits per heavy atom. The van der Waals surface area contributed by atoms with Gasteiger partial charge in [0.15, 0.2) is 0 Å². The number of hydrogen-bond donors (Lipinski definition) is 1. The van der Waals surface area contributed by atoms with Crippen LogP contribution in [0.3, 0.4) is 0 Å². The molecule has 3 saturated heterocycles. The highest BCUT2D eigenvalue weighted by Crippen LogP contribution is 2.45. The molecule has 3 fully saturated rings. The summed E-state index contributed by atoms with van der Waals surface area (Å²) in [6, 6.07) is 8.47. The lowest BCUT2D eigenvalue weighted by atomic mass is 9.71. The zero-order valence-electron chi connectivity index (χ0n) is 10.2. The van der Waals surface area contributed by atoms with E-state index in [2.05, 4.69) is 33.0 Å². The maximum atomic E-state index is 11.8. The first kappa shape index (κ1) is 12.2. The van der Waals surface area contributed by atoms with Crippen LogP contribution in [0.5, 0.6) is 0 Å². The fourth-order valence-corrected chi connectivity index (χ4v) is 3.77. The molecule has 18 heavy (non-hydrogen) atoms. The largest absolute Gasteiger partial charge is 0.369 e. The molecule has 0 spiro atoms. The predicted molar refractivity (Wildman–Crippen MR) is 73.9 cm³/mol. The molecule has 4 heteroatoms. The highest BCUT2D eigenvalue weighted by molar-refractivity contribution is 9.10. The Bertz CT molecular complexity index is 451. The van der Waals surface area contributed by atoms with Crippen LogP contribution >= 0.6 is 15.9 Å². The standard InChI is InChI=1S/C14H17BrN2O/c15-11-3-1-10(2-4-11)13-12(14(16)18)9-5-7-17(13)8-6-9/h1-4,9,12-13H,5-8H2,(H2,16,18). The van der Waals surface area contributed by atoms with Gasteiger partial charge in [-0.25, -0.2) is 0 Å². The molecule has 0 saturated carbocycles. The number of primary amides is 1. The number of amides is 1. The highest BCUT2D eigenvalue weighted by Gasteiger charge is 2.45. The number of benzene rings is 1. The van der Waals surface area contributed by atoms with Gasteiger partial charge in [-0.3, -0.25) is 9.69 Å². The molecule has 2 atom stereocenters. The van der Waals surface area contributed by atoms with E-state index in [4.69, 9.17) is 5.73 Å². The lowest BCUT2D eigenvalue weighted by Crippen LogP contribution is -2.53. The van der Waals surface area contributed by atoms with Crippen molar-refractivity contribution in [3.63, 3.8) is 0 Å². The molecule has 4 rings (SSSR count). The fourth-order valence-electron chi connectivity index (χ4n) is 3.51. The van der Waals surface area contributed by atoms with Gasteiger partial charge >= 0.3 is 0 Å². The predicted octanol–water partition coefficient (Wildman–Crippen LogP) is 2.32. The van der Waals surface area contributed by atoms with Gasteiger partial charge in [-0.15, -0.1) is 0 Å². The topological polar surface area (TPSA) is 46.3 Å². The van der Waals surface area contributed by atoms with Gasteiger partial charge in [0.1, 0.15) is 0 Å². The zero-order chi connectivity index (χ0) is 12.7. The van der Waals surface area contributed by atoms with Crippen molar-refractivity contribution in [3.05, 3.63) is 34.3 Å². The first-order valence-corrected chi connectivity index (χ1v) is 7.25. The highest BCUT2D eigenvalue weighted by atomic mass is 79.9. The summed E-state index contributed by atoms with van der Waals surface area (Å²) in [6.45, 7) is 2.18. The SMILES string of the molecule is NC(=O)C1C2CCN(CC2)C1c1ccc(Br)cc1. The van der Waals surface area contributed by atoms with Crippen LogP contribution in [0.4, 0.5) is 0 Å². The average molecular weight is 309 g/mol. The molecule has 2 N–H and O–H groups in total. The minimum Gasteiger partial charge on any atom is -0.369 e. The van der Waals surface area contributed by atoms with Crippen LogP contribution in [-0.4, -0.2) is 23.9 Å². The average Bonchev–Trinajstić information content (AvgIpc) is 2.40. The fraction of sp³-hybridized carbons (Fsp3) is 0.500. The molecule has 1 amide bonds.